The van der Waals surface area contributed by atoms with Crippen molar-refractivity contribution < 1.29 is 9.18 Å². The molecular weight excluding hydrogens is 351 g/mol. The fraction of sp³-hybridized carbons (Fsp3) is 0.211. The van der Waals surface area contributed by atoms with Gasteiger partial charge in [0.2, 0.25) is 11.1 Å². The van der Waals surface area contributed by atoms with Crippen molar-refractivity contribution in [2.45, 2.75) is 18.0 Å². The quantitative estimate of drug-likeness (QED) is 0.471. The van der Waals surface area contributed by atoms with Gasteiger partial charge in [-0.25, -0.2) is 9.37 Å². The molecule has 0 aliphatic heterocycles. The van der Waals surface area contributed by atoms with E-state index >= 15 is 0 Å². The molecule has 2 N–H and O–H groups in total. The smallest absolute Gasteiger partial charge is 0.230 e. The molecule has 0 fully saturated rings. The molecule has 0 saturated heterocycles. The SMILES string of the molecule is O=C(CSc1n[nH]c(-c2ccccc2F)n1)NCCCc1ccccc1. The second-order valence-electron chi connectivity index (χ2n) is 5.67. The molecule has 134 valence electrons. The van der Waals surface area contributed by atoms with Crippen LogP contribution in [-0.2, 0) is 11.2 Å². The van der Waals surface area contributed by atoms with Crippen LogP contribution in [0.15, 0.2) is 59.8 Å². The van der Waals surface area contributed by atoms with Crippen LogP contribution >= 0.6 is 11.8 Å². The number of benzene rings is 2. The van der Waals surface area contributed by atoms with Gasteiger partial charge in [0, 0.05) is 6.54 Å². The molecule has 3 rings (SSSR count). The summed E-state index contributed by atoms with van der Waals surface area (Å²) in [5.41, 5.74) is 1.62. The van der Waals surface area contributed by atoms with E-state index in [2.05, 4.69) is 32.6 Å². The molecule has 0 saturated carbocycles. The van der Waals surface area contributed by atoms with Crippen LogP contribution in [0.1, 0.15) is 12.0 Å². The number of halogens is 1. The second kappa shape index (κ2) is 9.15. The number of aryl methyl sites for hydroxylation is 1. The van der Waals surface area contributed by atoms with Crippen LogP contribution in [0.4, 0.5) is 4.39 Å². The van der Waals surface area contributed by atoms with E-state index < -0.39 is 0 Å². The molecule has 0 atom stereocenters. The van der Waals surface area contributed by atoms with Crippen LogP contribution in [0.5, 0.6) is 0 Å². The summed E-state index contributed by atoms with van der Waals surface area (Å²) in [6.07, 6.45) is 1.82. The molecule has 1 amide bonds. The predicted octanol–water partition coefficient (Wildman–Crippen LogP) is 3.45. The van der Waals surface area contributed by atoms with Crippen molar-refractivity contribution in [3.8, 4) is 11.4 Å². The summed E-state index contributed by atoms with van der Waals surface area (Å²) in [6.45, 7) is 0.628. The minimum Gasteiger partial charge on any atom is -0.355 e. The first-order valence-electron chi connectivity index (χ1n) is 8.33. The Hall–Kier alpha value is -2.67. The minimum atomic E-state index is -0.364. The Morgan fingerprint density at radius 3 is 2.69 bits per heavy atom. The molecule has 5 nitrogen and oxygen atoms in total. The summed E-state index contributed by atoms with van der Waals surface area (Å²) in [4.78, 5) is 16.1. The number of hydrogen-bond acceptors (Lipinski definition) is 4. The molecule has 1 heterocycles. The van der Waals surface area contributed by atoms with Crippen molar-refractivity contribution in [3.05, 3.63) is 66.0 Å². The maximum atomic E-state index is 13.7. The van der Waals surface area contributed by atoms with Crippen LogP contribution in [0.3, 0.4) is 0 Å². The normalized spacial score (nSPS) is 10.7. The Morgan fingerprint density at radius 2 is 1.88 bits per heavy atom. The number of carbonyl (C=O) groups excluding carboxylic acids is 1. The number of aromatic amines is 1. The molecule has 0 aliphatic carbocycles. The lowest BCUT2D eigenvalue weighted by atomic mass is 10.1. The van der Waals surface area contributed by atoms with Gasteiger partial charge >= 0.3 is 0 Å². The fourth-order valence-corrected chi connectivity index (χ4v) is 3.06. The zero-order valence-electron chi connectivity index (χ0n) is 14.1. The van der Waals surface area contributed by atoms with Gasteiger partial charge in [0.15, 0.2) is 5.82 Å². The summed E-state index contributed by atoms with van der Waals surface area (Å²) in [7, 11) is 0. The van der Waals surface area contributed by atoms with Crippen molar-refractivity contribution in [3.63, 3.8) is 0 Å². The second-order valence-corrected chi connectivity index (χ2v) is 6.62. The number of hydrogen-bond donors (Lipinski definition) is 2. The standard InChI is InChI=1S/C19H19FN4OS/c20-16-11-5-4-10-15(16)18-22-19(24-23-18)26-13-17(25)21-12-6-9-14-7-2-1-3-8-14/h1-5,7-8,10-11H,6,9,12-13H2,(H,21,25)(H,22,23,24). The highest BCUT2D eigenvalue weighted by Crippen LogP contribution is 2.21. The number of H-pyrrole nitrogens is 1. The van der Waals surface area contributed by atoms with Gasteiger partial charge in [0.05, 0.1) is 11.3 Å². The van der Waals surface area contributed by atoms with E-state index in [-0.39, 0.29) is 17.5 Å². The van der Waals surface area contributed by atoms with Crippen LogP contribution in [0, 0.1) is 5.82 Å². The molecule has 3 aromatic rings. The van der Waals surface area contributed by atoms with Crippen molar-refractivity contribution in [2.75, 3.05) is 12.3 Å². The van der Waals surface area contributed by atoms with E-state index in [0.717, 1.165) is 12.8 Å². The number of carbonyl (C=O) groups is 1. The monoisotopic (exact) mass is 370 g/mol. The van der Waals surface area contributed by atoms with E-state index in [1.165, 1.54) is 23.4 Å². The molecule has 0 aliphatic rings. The Kier molecular flexibility index (Phi) is 6.38. The maximum absolute atomic E-state index is 13.7. The third-order valence-electron chi connectivity index (χ3n) is 3.73. The first-order chi connectivity index (χ1) is 12.7. The average molecular weight is 370 g/mol. The molecule has 0 radical (unpaired) electrons. The molecule has 0 spiro atoms. The van der Waals surface area contributed by atoms with Crippen molar-refractivity contribution >= 4 is 17.7 Å². The van der Waals surface area contributed by atoms with Crippen LogP contribution in [0.2, 0.25) is 0 Å². The fourth-order valence-electron chi connectivity index (χ4n) is 2.43. The third kappa shape index (κ3) is 5.16. The number of thioether (sulfide) groups is 1. The first-order valence-corrected chi connectivity index (χ1v) is 9.31. The van der Waals surface area contributed by atoms with Crippen molar-refractivity contribution in [1.82, 2.24) is 20.5 Å². The molecular formula is C19H19FN4OS. The van der Waals surface area contributed by atoms with Gasteiger partial charge in [-0.05, 0) is 30.5 Å². The molecule has 26 heavy (non-hydrogen) atoms. The lowest BCUT2D eigenvalue weighted by Crippen LogP contribution is -2.26. The Bertz CT molecular complexity index is 854. The summed E-state index contributed by atoms with van der Waals surface area (Å²) in [6, 6.07) is 16.5. The number of aromatic nitrogens is 3. The number of nitrogens with zero attached hydrogens (tertiary/aromatic N) is 2. The van der Waals surface area contributed by atoms with Crippen molar-refractivity contribution in [2.24, 2.45) is 0 Å². The summed E-state index contributed by atoms with van der Waals surface area (Å²) in [5, 5.41) is 10.0. The van der Waals surface area contributed by atoms with Gasteiger partial charge in [-0.2, -0.15) is 0 Å². The number of nitrogens with one attached hydrogen (secondary N) is 2. The first kappa shape index (κ1) is 18.1. The minimum absolute atomic E-state index is 0.0692. The van der Waals surface area contributed by atoms with Crippen LogP contribution < -0.4 is 5.32 Å². The van der Waals surface area contributed by atoms with Gasteiger partial charge in [-0.15, -0.1) is 5.10 Å². The van der Waals surface area contributed by atoms with Crippen LogP contribution in [0.25, 0.3) is 11.4 Å². The van der Waals surface area contributed by atoms with Gasteiger partial charge in [-0.1, -0.05) is 54.2 Å². The molecule has 0 unspecified atom stereocenters. The molecule has 0 bridgehead atoms. The third-order valence-corrected chi connectivity index (χ3v) is 4.58. The summed E-state index contributed by atoms with van der Waals surface area (Å²) >= 11 is 1.22. The predicted molar refractivity (Wildman–Crippen MR) is 100 cm³/mol. The summed E-state index contributed by atoms with van der Waals surface area (Å²) in [5.74, 6) is 0.144. The summed E-state index contributed by atoms with van der Waals surface area (Å²) < 4.78 is 13.7. The maximum Gasteiger partial charge on any atom is 0.230 e. The van der Waals surface area contributed by atoms with Gasteiger partial charge in [-0.3, -0.25) is 9.89 Å². The van der Waals surface area contributed by atoms with E-state index in [1.807, 2.05) is 18.2 Å². The Labute approximate surface area is 155 Å². The molecule has 1 aromatic heterocycles. The number of amides is 1. The molecule has 2 aromatic carbocycles. The Morgan fingerprint density at radius 1 is 1.12 bits per heavy atom. The van der Waals surface area contributed by atoms with E-state index in [0.29, 0.717) is 23.1 Å². The molecule has 7 heteroatoms. The van der Waals surface area contributed by atoms with E-state index in [4.69, 9.17) is 0 Å². The highest BCUT2D eigenvalue weighted by molar-refractivity contribution is 7.99. The lowest BCUT2D eigenvalue weighted by Gasteiger charge is -2.04. The Balaban J connectivity index is 1.40. The van der Waals surface area contributed by atoms with E-state index in [9.17, 15) is 9.18 Å². The number of rotatable bonds is 8. The zero-order valence-corrected chi connectivity index (χ0v) is 14.9. The van der Waals surface area contributed by atoms with Gasteiger partial charge in [0.1, 0.15) is 5.82 Å². The van der Waals surface area contributed by atoms with Gasteiger partial charge < -0.3 is 5.32 Å². The van der Waals surface area contributed by atoms with Crippen LogP contribution in [-0.4, -0.2) is 33.4 Å². The highest BCUT2D eigenvalue weighted by Gasteiger charge is 2.11. The average Bonchev–Trinajstić information content (AvgIpc) is 3.13. The topological polar surface area (TPSA) is 70.7 Å². The van der Waals surface area contributed by atoms with Gasteiger partial charge in [0.25, 0.3) is 0 Å². The van der Waals surface area contributed by atoms with Crippen molar-refractivity contribution in [1.29, 1.82) is 0 Å². The lowest BCUT2D eigenvalue weighted by molar-refractivity contribution is -0.118. The largest absolute Gasteiger partial charge is 0.355 e. The van der Waals surface area contributed by atoms with E-state index in [1.54, 1.807) is 18.2 Å². The highest BCUT2D eigenvalue weighted by atomic mass is 32.2. The zero-order chi connectivity index (χ0) is 18.2.